The van der Waals surface area contributed by atoms with E-state index in [9.17, 15) is 9.50 Å². The molecule has 1 aromatic carbocycles. The molecule has 16 heavy (non-hydrogen) atoms. The van der Waals surface area contributed by atoms with E-state index in [1.165, 1.54) is 12.3 Å². The van der Waals surface area contributed by atoms with Crippen LogP contribution in [0.2, 0.25) is 0 Å². The molecule has 1 unspecified atom stereocenters. The first-order valence-corrected chi connectivity index (χ1v) is 5.92. The fraction of sp³-hybridized carbons (Fsp3) is 0.333. The Hall–Kier alpha value is -0.870. The molecule has 0 radical (unpaired) electrons. The quantitative estimate of drug-likeness (QED) is 0.904. The van der Waals surface area contributed by atoms with Gasteiger partial charge in [-0.15, -0.1) is 0 Å². The van der Waals surface area contributed by atoms with Gasteiger partial charge in [0.1, 0.15) is 11.9 Å². The standard InChI is InChI=1S/C12H12BrFO2/c13-9-4-1-5-10(14)11(9)12(15)8-3-2-6-16-7-8/h1,4-5,7,12,15H,2-3,6H2. The van der Waals surface area contributed by atoms with Crippen molar-refractivity contribution in [1.82, 2.24) is 0 Å². The molecule has 0 fully saturated rings. The normalized spacial score (nSPS) is 17.6. The van der Waals surface area contributed by atoms with Crippen LogP contribution in [0.3, 0.4) is 0 Å². The summed E-state index contributed by atoms with van der Waals surface area (Å²) in [5.74, 6) is -0.409. The van der Waals surface area contributed by atoms with Crippen molar-refractivity contribution in [2.45, 2.75) is 18.9 Å². The van der Waals surface area contributed by atoms with Gasteiger partial charge in [-0.2, -0.15) is 0 Å². The maximum absolute atomic E-state index is 13.6. The average Bonchev–Trinajstić information content (AvgIpc) is 2.30. The minimum absolute atomic E-state index is 0.277. The Balaban J connectivity index is 2.33. The molecule has 0 bridgehead atoms. The summed E-state index contributed by atoms with van der Waals surface area (Å²) in [5.41, 5.74) is 0.997. The molecular weight excluding hydrogens is 275 g/mol. The van der Waals surface area contributed by atoms with E-state index in [2.05, 4.69) is 15.9 Å². The third-order valence-electron chi connectivity index (χ3n) is 2.59. The molecule has 1 heterocycles. The molecule has 0 saturated heterocycles. The highest BCUT2D eigenvalue weighted by Gasteiger charge is 2.21. The Bertz CT molecular complexity index is 397. The number of aliphatic hydroxyl groups is 1. The van der Waals surface area contributed by atoms with Crippen LogP contribution in [0, 0.1) is 5.82 Å². The molecule has 1 aromatic rings. The molecule has 0 aliphatic carbocycles. The van der Waals surface area contributed by atoms with Gasteiger partial charge >= 0.3 is 0 Å². The summed E-state index contributed by atoms with van der Waals surface area (Å²) in [7, 11) is 0. The molecule has 1 N–H and O–H groups in total. The SMILES string of the molecule is OC(C1=COCCC1)c1c(F)cccc1Br. The second-order valence-corrected chi connectivity index (χ2v) is 4.56. The van der Waals surface area contributed by atoms with Gasteiger partial charge in [0, 0.05) is 10.0 Å². The van der Waals surface area contributed by atoms with Crippen LogP contribution in [-0.2, 0) is 4.74 Å². The van der Waals surface area contributed by atoms with Gasteiger partial charge in [-0.1, -0.05) is 22.0 Å². The average molecular weight is 287 g/mol. The fourth-order valence-corrected chi connectivity index (χ4v) is 2.30. The lowest BCUT2D eigenvalue weighted by molar-refractivity contribution is 0.167. The summed E-state index contributed by atoms with van der Waals surface area (Å²) in [4.78, 5) is 0. The molecule has 1 aliphatic rings. The molecular formula is C12H12BrFO2. The largest absolute Gasteiger partial charge is 0.501 e. The summed E-state index contributed by atoms with van der Waals surface area (Å²) < 4.78 is 19.3. The third-order valence-corrected chi connectivity index (χ3v) is 3.28. The third kappa shape index (κ3) is 2.28. The zero-order chi connectivity index (χ0) is 11.5. The lowest BCUT2D eigenvalue weighted by Crippen LogP contribution is -2.10. The van der Waals surface area contributed by atoms with Crippen molar-refractivity contribution in [2.75, 3.05) is 6.61 Å². The van der Waals surface area contributed by atoms with Crippen molar-refractivity contribution in [3.8, 4) is 0 Å². The predicted molar refractivity (Wildman–Crippen MR) is 62.3 cm³/mol. The Kier molecular flexibility index (Phi) is 3.61. The van der Waals surface area contributed by atoms with Crippen molar-refractivity contribution < 1.29 is 14.2 Å². The first-order chi connectivity index (χ1) is 7.70. The van der Waals surface area contributed by atoms with Gasteiger partial charge < -0.3 is 9.84 Å². The Morgan fingerprint density at radius 3 is 2.88 bits per heavy atom. The molecule has 0 spiro atoms. The molecule has 0 saturated carbocycles. The molecule has 0 amide bonds. The van der Waals surface area contributed by atoms with Crippen LogP contribution < -0.4 is 0 Å². The highest BCUT2D eigenvalue weighted by atomic mass is 79.9. The minimum atomic E-state index is -0.934. The van der Waals surface area contributed by atoms with E-state index < -0.39 is 11.9 Å². The van der Waals surface area contributed by atoms with E-state index in [4.69, 9.17) is 4.74 Å². The summed E-state index contributed by atoms with van der Waals surface area (Å²) >= 11 is 3.25. The molecule has 1 aliphatic heterocycles. The summed E-state index contributed by atoms with van der Waals surface area (Å²) in [6.07, 6.45) is 2.19. The van der Waals surface area contributed by atoms with Crippen molar-refractivity contribution >= 4 is 15.9 Å². The van der Waals surface area contributed by atoms with Gasteiger partial charge in [0.15, 0.2) is 0 Å². The number of ether oxygens (including phenoxy) is 1. The summed E-state index contributed by atoms with van der Waals surface area (Å²) in [6, 6.07) is 4.65. The monoisotopic (exact) mass is 286 g/mol. The number of benzene rings is 1. The van der Waals surface area contributed by atoms with Gasteiger partial charge in [-0.05, 0) is 30.5 Å². The van der Waals surface area contributed by atoms with E-state index in [1.807, 2.05) is 0 Å². The molecule has 1 atom stereocenters. The predicted octanol–water partition coefficient (Wildman–Crippen LogP) is 3.32. The van der Waals surface area contributed by atoms with Crippen LogP contribution in [0.15, 0.2) is 34.5 Å². The van der Waals surface area contributed by atoms with E-state index in [1.54, 1.807) is 12.1 Å². The van der Waals surface area contributed by atoms with Gasteiger partial charge in [0.05, 0.1) is 12.9 Å². The fourth-order valence-electron chi connectivity index (χ4n) is 1.74. The maximum Gasteiger partial charge on any atom is 0.130 e. The Labute approximate surface area is 102 Å². The van der Waals surface area contributed by atoms with Crippen molar-refractivity contribution in [2.24, 2.45) is 0 Å². The van der Waals surface area contributed by atoms with Gasteiger partial charge in [-0.3, -0.25) is 0 Å². The van der Waals surface area contributed by atoms with E-state index in [-0.39, 0.29) is 5.56 Å². The molecule has 4 heteroatoms. The van der Waals surface area contributed by atoms with E-state index in [0.717, 1.165) is 18.4 Å². The molecule has 0 aromatic heterocycles. The second-order valence-electron chi connectivity index (χ2n) is 3.70. The summed E-state index contributed by atoms with van der Waals surface area (Å²) in [6.45, 7) is 0.661. The van der Waals surface area contributed by atoms with E-state index in [0.29, 0.717) is 11.1 Å². The van der Waals surface area contributed by atoms with Crippen LogP contribution in [0.5, 0.6) is 0 Å². The molecule has 2 nitrogen and oxygen atoms in total. The molecule has 2 rings (SSSR count). The maximum atomic E-state index is 13.6. The van der Waals surface area contributed by atoms with E-state index >= 15 is 0 Å². The summed E-state index contributed by atoms with van der Waals surface area (Å²) in [5, 5.41) is 10.1. The number of aliphatic hydroxyl groups excluding tert-OH is 1. The van der Waals surface area contributed by atoms with Gasteiger partial charge in [-0.25, -0.2) is 4.39 Å². The smallest absolute Gasteiger partial charge is 0.130 e. The van der Waals surface area contributed by atoms with Crippen LogP contribution in [0.25, 0.3) is 0 Å². The molecule has 86 valence electrons. The van der Waals surface area contributed by atoms with Gasteiger partial charge in [0.25, 0.3) is 0 Å². The number of rotatable bonds is 2. The topological polar surface area (TPSA) is 29.5 Å². The van der Waals surface area contributed by atoms with Gasteiger partial charge in [0.2, 0.25) is 0 Å². The number of halogens is 2. The Morgan fingerprint density at radius 1 is 1.44 bits per heavy atom. The minimum Gasteiger partial charge on any atom is -0.501 e. The van der Waals surface area contributed by atoms with Crippen LogP contribution in [0.4, 0.5) is 4.39 Å². The zero-order valence-electron chi connectivity index (χ0n) is 8.62. The lowest BCUT2D eigenvalue weighted by atomic mass is 9.98. The van der Waals surface area contributed by atoms with Crippen molar-refractivity contribution in [3.05, 3.63) is 45.9 Å². The van der Waals surface area contributed by atoms with Crippen LogP contribution in [0.1, 0.15) is 24.5 Å². The lowest BCUT2D eigenvalue weighted by Gasteiger charge is -2.20. The van der Waals surface area contributed by atoms with Crippen molar-refractivity contribution in [1.29, 1.82) is 0 Å². The number of hydrogen-bond acceptors (Lipinski definition) is 2. The number of hydrogen-bond donors (Lipinski definition) is 1. The Morgan fingerprint density at radius 2 is 2.25 bits per heavy atom. The first-order valence-electron chi connectivity index (χ1n) is 5.12. The zero-order valence-corrected chi connectivity index (χ0v) is 10.2. The van der Waals surface area contributed by atoms with Crippen LogP contribution >= 0.6 is 15.9 Å². The first kappa shape index (κ1) is 11.6. The van der Waals surface area contributed by atoms with Crippen LogP contribution in [-0.4, -0.2) is 11.7 Å². The second kappa shape index (κ2) is 4.97. The highest BCUT2D eigenvalue weighted by molar-refractivity contribution is 9.10. The van der Waals surface area contributed by atoms with Crippen molar-refractivity contribution in [3.63, 3.8) is 0 Å². The highest BCUT2D eigenvalue weighted by Crippen LogP contribution is 2.33.